The highest BCUT2D eigenvalue weighted by atomic mass is 15.3. The van der Waals surface area contributed by atoms with E-state index in [9.17, 15) is 0 Å². The molecule has 1 aromatic heterocycles. The van der Waals surface area contributed by atoms with Gasteiger partial charge in [0.05, 0.1) is 6.20 Å². The quantitative estimate of drug-likeness (QED) is 0.690. The van der Waals surface area contributed by atoms with Crippen LogP contribution in [0, 0.1) is 6.92 Å². The molecule has 6 heteroatoms. The van der Waals surface area contributed by atoms with Crippen molar-refractivity contribution in [3.05, 3.63) is 60.3 Å². The van der Waals surface area contributed by atoms with E-state index in [0.717, 1.165) is 24.5 Å². The van der Waals surface area contributed by atoms with Crippen LogP contribution in [0.1, 0.15) is 24.8 Å². The van der Waals surface area contributed by atoms with E-state index in [4.69, 9.17) is 0 Å². The molecule has 3 aromatic rings. The maximum atomic E-state index is 4.49. The van der Waals surface area contributed by atoms with Gasteiger partial charge in [-0.25, -0.2) is 0 Å². The minimum atomic E-state index is 0.466. The minimum absolute atomic E-state index is 0.466. The Hall–Kier alpha value is -3.15. The zero-order valence-corrected chi connectivity index (χ0v) is 15.5. The zero-order valence-electron chi connectivity index (χ0n) is 15.5. The van der Waals surface area contributed by atoms with E-state index in [1.165, 1.54) is 30.5 Å². The third-order valence-corrected chi connectivity index (χ3v) is 4.73. The van der Waals surface area contributed by atoms with Crippen molar-refractivity contribution >= 4 is 28.8 Å². The Morgan fingerprint density at radius 1 is 0.815 bits per heavy atom. The average molecular weight is 360 g/mol. The number of benzene rings is 2. The number of nitrogens with zero attached hydrogens (tertiary/aromatic N) is 4. The molecule has 0 amide bonds. The molecule has 2 heterocycles. The lowest BCUT2D eigenvalue weighted by Crippen LogP contribution is -2.29. The van der Waals surface area contributed by atoms with Crippen LogP contribution in [0.4, 0.5) is 28.8 Å². The highest BCUT2D eigenvalue weighted by molar-refractivity contribution is 5.62. The molecule has 4 rings (SSSR count). The Labute approximate surface area is 159 Å². The van der Waals surface area contributed by atoms with Crippen molar-refractivity contribution in [2.75, 3.05) is 28.6 Å². The summed E-state index contributed by atoms with van der Waals surface area (Å²) in [5, 5.41) is 14.6. The molecule has 2 N–H and O–H groups in total. The van der Waals surface area contributed by atoms with Crippen molar-refractivity contribution < 1.29 is 0 Å². The first kappa shape index (κ1) is 17.3. The van der Waals surface area contributed by atoms with Crippen LogP contribution in [-0.4, -0.2) is 28.3 Å². The standard InChI is InChI=1S/C21H24N6/c1-16-5-7-18(8-6-16)24-21-25-20(15-22-26-21)23-17-9-11-19(12-10-17)27-13-3-2-4-14-27/h5-12,15H,2-4,13-14H2,1H3,(H2,23,24,25,26). The van der Waals surface area contributed by atoms with Crippen LogP contribution in [0.3, 0.4) is 0 Å². The monoisotopic (exact) mass is 360 g/mol. The lowest BCUT2D eigenvalue weighted by atomic mass is 10.1. The van der Waals surface area contributed by atoms with Gasteiger partial charge in [-0.05, 0) is 62.6 Å². The molecule has 6 nitrogen and oxygen atoms in total. The molecule has 1 aliphatic rings. The van der Waals surface area contributed by atoms with Crippen molar-refractivity contribution in [2.45, 2.75) is 26.2 Å². The van der Waals surface area contributed by atoms with Crippen LogP contribution in [0.2, 0.25) is 0 Å². The molecule has 0 aliphatic carbocycles. The summed E-state index contributed by atoms with van der Waals surface area (Å²) in [6.45, 7) is 4.36. The van der Waals surface area contributed by atoms with Crippen molar-refractivity contribution in [1.29, 1.82) is 0 Å². The highest BCUT2D eigenvalue weighted by Gasteiger charge is 2.10. The van der Waals surface area contributed by atoms with Crippen molar-refractivity contribution in [2.24, 2.45) is 0 Å². The molecule has 0 spiro atoms. The number of aromatic nitrogens is 3. The fraction of sp³-hybridized carbons (Fsp3) is 0.286. The number of hydrogen-bond donors (Lipinski definition) is 2. The van der Waals surface area contributed by atoms with Gasteiger partial charge in [0.1, 0.15) is 0 Å². The second-order valence-electron chi connectivity index (χ2n) is 6.88. The zero-order chi connectivity index (χ0) is 18.5. The normalized spacial score (nSPS) is 14.0. The van der Waals surface area contributed by atoms with Gasteiger partial charge in [0.25, 0.3) is 0 Å². The number of aryl methyl sites for hydroxylation is 1. The first-order valence-electron chi connectivity index (χ1n) is 9.42. The molecule has 0 radical (unpaired) electrons. The van der Waals surface area contributed by atoms with Crippen molar-refractivity contribution in [1.82, 2.24) is 15.2 Å². The molecule has 0 unspecified atom stereocenters. The Kier molecular flexibility index (Phi) is 5.14. The SMILES string of the molecule is Cc1ccc(Nc2nncc(Nc3ccc(N4CCCCC4)cc3)n2)cc1. The molecule has 1 aliphatic heterocycles. The third-order valence-electron chi connectivity index (χ3n) is 4.73. The minimum Gasteiger partial charge on any atom is -0.372 e. The van der Waals surface area contributed by atoms with Crippen LogP contribution >= 0.6 is 0 Å². The second-order valence-corrected chi connectivity index (χ2v) is 6.88. The summed E-state index contributed by atoms with van der Waals surface area (Å²) in [5.41, 5.74) is 4.41. The Morgan fingerprint density at radius 3 is 2.22 bits per heavy atom. The first-order chi connectivity index (χ1) is 13.3. The number of anilines is 5. The summed E-state index contributed by atoms with van der Waals surface area (Å²) in [5.74, 6) is 1.12. The van der Waals surface area contributed by atoms with E-state index in [2.05, 4.69) is 61.9 Å². The van der Waals surface area contributed by atoms with Gasteiger partial charge in [-0.2, -0.15) is 10.1 Å². The van der Waals surface area contributed by atoms with E-state index in [0.29, 0.717) is 11.8 Å². The number of nitrogens with one attached hydrogen (secondary N) is 2. The average Bonchev–Trinajstić information content (AvgIpc) is 2.71. The van der Waals surface area contributed by atoms with Gasteiger partial charge in [-0.15, -0.1) is 5.10 Å². The van der Waals surface area contributed by atoms with E-state index in [1.54, 1.807) is 6.20 Å². The first-order valence-corrected chi connectivity index (χ1v) is 9.42. The molecule has 1 fully saturated rings. The highest BCUT2D eigenvalue weighted by Crippen LogP contribution is 2.23. The number of piperidine rings is 1. The van der Waals surface area contributed by atoms with Crippen LogP contribution in [-0.2, 0) is 0 Å². The number of rotatable bonds is 5. The summed E-state index contributed by atoms with van der Waals surface area (Å²) >= 11 is 0. The smallest absolute Gasteiger partial charge is 0.249 e. The maximum Gasteiger partial charge on any atom is 0.249 e. The summed E-state index contributed by atoms with van der Waals surface area (Å²) in [6.07, 6.45) is 5.53. The van der Waals surface area contributed by atoms with Gasteiger partial charge in [-0.1, -0.05) is 17.7 Å². The Morgan fingerprint density at radius 2 is 1.48 bits per heavy atom. The molecule has 0 bridgehead atoms. The van der Waals surface area contributed by atoms with Gasteiger partial charge in [0, 0.05) is 30.2 Å². The molecule has 0 atom stereocenters. The summed E-state index contributed by atoms with van der Waals surface area (Å²) in [4.78, 5) is 6.94. The molecule has 2 aromatic carbocycles. The lowest BCUT2D eigenvalue weighted by molar-refractivity contribution is 0.578. The fourth-order valence-electron chi connectivity index (χ4n) is 3.24. The van der Waals surface area contributed by atoms with Crippen LogP contribution < -0.4 is 15.5 Å². The molecule has 27 heavy (non-hydrogen) atoms. The summed E-state index contributed by atoms with van der Waals surface area (Å²) in [6, 6.07) is 16.6. The van der Waals surface area contributed by atoms with E-state index in [-0.39, 0.29) is 0 Å². The van der Waals surface area contributed by atoms with Crippen LogP contribution in [0.25, 0.3) is 0 Å². The van der Waals surface area contributed by atoms with Gasteiger partial charge in [0.15, 0.2) is 5.82 Å². The van der Waals surface area contributed by atoms with E-state index >= 15 is 0 Å². The predicted octanol–water partition coefficient (Wildman–Crippen LogP) is 4.66. The van der Waals surface area contributed by atoms with Gasteiger partial charge < -0.3 is 15.5 Å². The largest absolute Gasteiger partial charge is 0.372 e. The van der Waals surface area contributed by atoms with Crippen molar-refractivity contribution in [3.8, 4) is 0 Å². The fourth-order valence-corrected chi connectivity index (χ4v) is 3.24. The molecular formula is C21H24N6. The summed E-state index contributed by atoms with van der Waals surface area (Å²) < 4.78 is 0. The number of hydrogen-bond acceptors (Lipinski definition) is 6. The maximum absolute atomic E-state index is 4.49. The molecular weight excluding hydrogens is 336 g/mol. The van der Waals surface area contributed by atoms with Crippen LogP contribution in [0.15, 0.2) is 54.7 Å². The predicted molar refractivity (Wildman–Crippen MR) is 110 cm³/mol. The van der Waals surface area contributed by atoms with Crippen LogP contribution in [0.5, 0.6) is 0 Å². The van der Waals surface area contributed by atoms with E-state index in [1.807, 2.05) is 24.3 Å². The van der Waals surface area contributed by atoms with Gasteiger partial charge in [-0.3, -0.25) is 0 Å². The summed E-state index contributed by atoms with van der Waals surface area (Å²) in [7, 11) is 0. The molecule has 1 saturated heterocycles. The molecule has 0 saturated carbocycles. The van der Waals surface area contributed by atoms with E-state index < -0.39 is 0 Å². The lowest BCUT2D eigenvalue weighted by Gasteiger charge is -2.28. The van der Waals surface area contributed by atoms with Gasteiger partial charge >= 0.3 is 0 Å². The van der Waals surface area contributed by atoms with Gasteiger partial charge in [0.2, 0.25) is 5.95 Å². The Bertz CT molecular complexity index is 870. The Balaban J connectivity index is 1.42. The topological polar surface area (TPSA) is 66.0 Å². The van der Waals surface area contributed by atoms with Crippen molar-refractivity contribution in [3.63, 3.8) is 0 Å². The second kappa shape index (κ2) is 8.03. The third kappa shape index (κ3) is 4.53. The molecule has 138 valence electrons.